The molecular formula is C23H27Cl2N5O. The minimum Gasteiger partial charge on any atom is -0.379 e. The zero-order chi connectivity index (χ0) is 19.5. The van der Waals surface area contributed by atoms with Gasteiger partial charge in [-0.1, -0.05) is 30.3 Å². The first kappa shape index (κ1) is 23.3. The molecule has 0 unspecified atom stereocenters. The van der Waals surface area contributed by atoms with E-state index in [1.807, 2.05) is 30.3 Å². The Kier molecular flexibility index (Phi) is 8.09. The van der Waals surface area contributed by atoms with Gasteiger partial charge in [-0.2, -0.15) is 0 Å². The number of nitrogens with one attached hydrogen (secondary N) is 2. The Labute approximate surface area is 194 Å². The van der Waals surface area contributed by atoms with Crippen LogP contribution in [0.3, 0.4) is 0 Å². The van der Waals surface area contributed by atoms with Gasteiger partial charge in [0.2, 0.25) is 0 Å². The van der Waals surface area contributed by atoms with Gasteiger partial charge in [-0.3, -0.25) is 4.90 Å². The number of benzene rings is 2. The van der Waals surface area contributed by atoms with Crippen LogP contribution in [0.25, 0.3) is 33.3 Å². The van der Waals surface area contributed by atoms with Crippen molar-refractivity contribution in [2.45, 2.75) is 6.42 Å². The van der Waals surface area contributed by atoms with Crippen molar-refractivity contribution < 1.29 is 4.74 Å². The third kappa shape index (κ3) is 5.28. The molecule has 1 saturated heterocycles. The van der Waals surface area contributed by atoms with Gasteiger partial charge in [-0.15, -0.1) is 24.8 Å². The summed E-state index contributed by atoms with van der Waals surface area (Å²) in [5, 5.41) is 5.77. The number of rotatable bonds is 6. The van der Waals surface area contributed by atoms with Crippen molar-refractivity contribution in [2.75, 3.05) is 44.7 Å². The van der Waals surface area contributed by atoms with Crippen LogP contribution in [-0.4, -0.2) is 59.2 Å². The van der Waals surface area contributed by atoms with Gasteiger partial charge in [0.1, 0.15) is 5.82 Å². The number of aromatic amines is 1. The van der Waals surface area contributed by atoms with Gasteiger partial charge < -0.3 is 15.0 Å². The third-order valence-corrected chi connectivity index (χ3v) is 5.42. The maximum absolute atomic E-state index is 5.42. The van der Waals surface area contributed by atoms with Crippen LogP contribution in [0, 0.1) is 0 Å². The van der Waals surface area contributed by atoms with E-state index in [9.17, 15) is 0 Å². The number of hydrogen-bond acceptors (Lipinski definition) is 5. The molecule has 0 saturated carbocycles. The summed E-state index contributed by atoms with van der Waals surface area (Å²) < 4.78 is 5.42. The number of morpholine rings is 1. The fourth-order valence-electron chi connectivity index (χ4n) is 3.86. The zero-order valence-electron chi connectivity index (χ0n) is 17.2. The maximum Gasteiger partial charge on any atom is 0.178 e. The van der Waals surface area contributed by atoms with E-state index >= 15 is 0 Å². The second-order valence-electron chi connectivity index (χ2n) is 7.42. The van der Waals surface area contributed by atoms with E-state index in [-0.39, 0.29) is 24.8 Å². The van der Waals surface area contributed by atoms with Crippen molar-refractivity contribution in [3.05, 3.63) is 54.6 Å². The van der Waals surface area contributed by atoms with Crippen LogP contribution in [0.15, 0.2) is 54.6 Å². The first-order valence-corrected chi connectivity index (χ1v) is 10.3. The number of fused-ring (bicyclic) bond motifs is 2. The molecule has 8 heteroatoms. The number of nitrogens with zero attached hydrogens (tertiary/aromatic N) is 3. The van der Waals surface area contributed by atoms with Gasteiger partial charge in [-0.05, 0) is 37.2 Å². The van der Waals surface area contributed by atoms with Crippen molar-refractivity contribution in [3.63, 3.8) is 0 Å². The Morgan fingerprint density at radius 1 is 0.968 bits per heavy atom. The van der Waals surface area contributed by atoms with Gasteiger partial charge in [0.15, 0.2) is 5.82 Å². The Balaban J connectivity index is 0.00000136. The van der Waals surface area contributed by atoms with Crippen molar-refractivity contribution in [2.24, 2.45) is 0 Å². The highest BCUT2D eigenvalue weighted by Crippen LogP contribution is 2.26. The number of H-pyrrole nitrogens is 1. The molecule has 0 aliphatic carbocycles. The molecule has 2 N–H and O–H groups in total. The maximum atomic E-state index is 5.42. The molecule has 1 aliphatic rings. The Bertz CT molecular complexity index is 1090. The number of halogens is 2. The predicted molar refractivity (Wildman–Crippen MR) is 132 cm³/mol. The summed E-state index contributed by atoms with van der Waals surface area (Å²) in [5.74, 6) is 1.61. The summed E-state index contributed by atoms with van der Waals surface area (Å²) in [6, 6.07) is 18.5. The first-order valence-electron chi connectivity index (χ1n) is 10.3. The minimum atomic E-state index is 0. The summed E-state index contributed by atoms with van der Waals surface area (Å²) in [6.07, 6.45) is 1.07. The molecular weight excluding hydrogens is 433 g/mol. The lowest BCUT2D eigenvalue weighted by atomic mass is 10.2. The van der Waals surface area contributed by atoms with Crippen molar-refractivity contribution in [3.8, 4) is 11.5 Å². The lowest BCUT2D eigenvalue weighted by Crippen LogP contribution is -2.37. The number of hydrogen-bond donors (Lipinski definition) is 2. The summed E-state index contributed by atoms with van der Waals surface area (Å²) in [5.41, 5.74) is 2.99. The normalized spacial score (nSPS) is 14.2. The van der Waals surface area contributed by atoms with E-state index < -0.39 is 0 Å². The molecule has 2 aromatic heterocycles. The summed E-state index contributed by atoms with van der Waals surface area (Å²) in [7, 11) is 0. The Hall–Kier alpha value is -2.38. The van der Waals surface area contributed by atoms with Gasteiger partial charge >= 0.3 is 0 Å². The Morgan fingerprint density at radius 2 is 1.74 bits per heavy atom. The third-order valence-electron chi connectivity index (χ3n) is 5.42. The largest absolute Gasteiger partial charge is 0.379 e. The van der Waals surface area contributed by atoms with Gasteiger partial charge in [-0.25, -0.2) is 9.97 Å². The number of aromatic nitrogens is 3. The average Bonchev–Trinajstić information content (AvgIpc) is 3.21. The van der Waals surface area contributed by atoms with Crippen LogP contribution in [0.1, 0.15) is 6.42 Å². The summed E-state index contributed by atoms with van der Waals surface area (Å²) >= 11 is 0. The smallest absolute Gasteiger partial charge is 0.178 e. The second-order valence-corrected chi connectivity index (χ2v) is 7.42. The van der Waals surface area contributed by atoms with Crippen molar-refractivity contribution in [1.29, 1.82) is 0 Å². The fourth-order valence-corrected chi connectivity index (χ4v) is 3.86. The van der Waals surface area contributed by atoms with Gasteiger partial charge in [0, 0.05) is 35.9 Å². The minimum absolute atomic E-state index is 0. The molecule has 1 fully saturated rings. The monoisotopic (exact) mass is 459 g/mol. The molecule has 3 heterocycles. The van der Waals surface area contributed by atoms with E-state index in [0.717, 1.165) is 79.6 Å². The van der Waals surface area contributed by atoms with E-state index in [1.165, 1.54) is 5.39 Å². The number of anilines is 1. The standard InChI is InChI=1S/C23H25N5O.2ClH/c1-3-8-19-17(6-1)16-21(25-19)23-26-20-9-4-2-7-18(20)22(27-23)24-10-5-11-28-12-14-29-15-13-28;;/h1-4,6-9,16,25H,5,10-15H2,(H,24,26,27);2*1H. The predicted octanol–water partition coefficient (Wildman–Crippen LogP) is 4.76. The molecule has 0 atom stereocenters. The Morgan fingerprint density at radius 3 is 2.58 bits per heavy atom. The quantitative estimate of drug-likeness (QED) is 0.407. The molecule has 164 valence electrons. The molecule has 0 spiro atoms. The molecule has 1 aliphatic heterocycles. The summed E-state index contributed by atoms with van der Waals surface area (Å²) in [6.45, 7) is 5.70. The average molecular weight is 460 g/mol. The summed E-state index contributed by atoms with van der Waals surface area (Å²) in [4.78, 5) is 15.6. The highest BCUT2D eigenvalue weighted by molar-refractivity contribution is 5.91. The highest BCUT2D eigenvalue weighted by Gasteiger charge is 2.12. The van der Waals surface area contributed by atoms with Crippen molar-refractivity contribution in [1.82, 2.24) is 19.9 Å². The van der Waals surface area contributed by atoms with Crippen LogP contribution >= 0.6 is 24.8 Å². The van der Waals surface area contributed by atoms with Crippen molar-refractivity contribution >= 4 is 52.4 Å². The van der Waals surface area contributed by atoms with Crippen LogP contribution in [0.2, 0.25) is 0 Å². The van der Waals surface area contributed by atoms with Gasteiger partial charge in [0.25, 0.3) is 0 Å². The SMILES string of the molecule is Cl.Cl.c1ccc2[nH]c(-c3nc(NCCCN4CCOCC4)c4ccccc4n3)cc2c1. The lowest BCUT2D eigenvalue weighted by molar-refractivity contribution is 0.0378. The fraction of sp³-hybridized carbons (Fsp3) is 0.304. The lowest BCUT2D eigenvalue weighted by Gasteiger charge is -2.26. The first-order chi connectivity index (χ1) is 14.4. The zero-order valence-corrected chi connectivity index (χ0v) is 18.8. The molecule has 4 aromatic rings. The van der Waals surface area contributed by atoms with Crippen LogP contribution < -0.4 is 5.32 Å². The molecule has 5 rings (SSSR count). The van der Waals surface area contributed by atoms with E-state index in [2.05, 4.69) is 39.5 Å². The molecule has 31 heavy (non-hydrogen) atoms. The van der Waals surface area contributed by atoms with E-state index in [4.69, 9.17) is 14.7 Å². The van der Waals surface area contributed by atoms with E-state index in [0.29, 0.717) is 0 Å². The topological polar surface area (TPSA) is 66.1 Å². The van der Waals surface area contributed by atoms with Crippen LogP contribution in [0.4, 0.5) is 5.82 Å². The molecule has 2 aromatic carbocycles. The molecule has 6 nitrogen and oxygen atoms in total. The number of ether oxygens (including phenoxy) is 1. The molecule has 0 amide bonds. The molecule has 0 bridgehead atoms. The van der Waals surface area contributed by atoms with E-state index in [1.54, 1.807) is 0 Å². The van der Waals surface area contributed by atoms with Gasteiger partial charge in [0.05, 0.1) is 24.4 Å². The highest BCUT2D eigenvalue weighted by atomic mass is 35.5. The van der Waals surface area contributed by atoms with Crippen LogP contribution in [0.5, 0.6) is 0 Å². The second kappa shape index (κ2) is 10.8. The molecule has 0 radical (unpaired) electrons. The number of para-hydroxylation sites is 2. The van der Waals surface area contributed by atoms with Crippen LogP contribution in [-0.2, 0) is 4.74 Å².